The van der Waals surface area contributed by atoms with Crippen LogP contribution in [-0.4, -0.2) is 22.8 Å². The Bertz CT molecular complexity index is 1200. The molecule has 162 valence electrons. The fourth-order valence-electron chi connectivity index (χ4n) is 3.85. The molecule has 1 amide bonds. The zero-order valence-corrected chi connectivity index (χ0v) is 18.6. The Labute approximate surface area is 188 Å². The summed E-state index contributed by atoms with van der Waals surface area (Å²) < 4.78 is 7.38. The number of hydrogen-bond donors (Lipinski definition) is 1. The number of hydrogen-bond acceptors (Lipinski definition) is 3. The first kappa shape index (κ1) is 21.4. The summed E-state index contributed by atoms with van der Waals surface area (Å²) in [6.07, 6.45) is 3.72. The van der Waals surface area contributed by atoms with Gasteiger partial charge in [0.1, 0.15) is 5.75 Å². The average molecular weight is 426 g/mol. The Kier molecular flexibility index (Phi) is 6.36. The van der Waals surface area contributed by atoms with E-state index in [-0.39, 0.29) is 11.9 Å². The molecule has 0 radical (unpaired) electrons. The van der Waals surface area contributed by atoms with Gasteiger partial charge in [0.2, 0.25) is 0 Å². The number of nitrogens with one attached hydrogen (secondary N) is 1. The molecular formula is C27H27N3O2. The highest BCUT2D eigenvalue weighted by Gasteiger charge is 2.18. The third kappa shape index (κ3) is 4.72. The van der Waals surface area contributed by atoms with Crippen LogP contribution in [0.4, 0.5) is 0 Å². The van der Waals surface area contributed by atoms with E-state index in [0.717, 1.165) is 33.6 Å². The molecule has 0 aliphatic heterocycles. The van der Waals surface area contributed by atoms with Crippen LogP contribution in [-0.2, 0) is 6.54 Å². The van der Waals surface area contributed by atoms with Gasteiger partial charge in [-0.25, -0.2) is 0 Å². The molecular weight excluding hydrogens is 398 g/mol. The molecule has 0 saturated carbocycles. The number of aryl methyl sites for hydroxylation is 1. The molecule has 0 bridgehead atoms. The molecule has 32 heavy (non-hydrogen) atoms. The fourth-order valence-corrected chi connectivity index (χ4v) is 3.85. The summed E-state index contributed by atoms with van der Waals surface area (Å²) in [5.41, 5.74) is 5.78. The number of carbonyl (C=O) groups is 1. The highest BCUT2D eigenvalue weighted by Crippen LogP contribution is 2.28. The van der Waals surface area contributed by atoms with Gasteiger partial charge in [-0.05, 0) is 48.7 Å². The predicted molar refractivity (Wildman–Crippen MR) is 127 cm³/mol. The Morgan fingerprint density at radius 1 is 1.06 bits per heavy atom. The topological polar surface area (TPSA) is 56.1 Å². The molecule has 1 heterocycles. The monoisotopic (exact) mass is 425 g/mol. The Morgan fingerprint density at radius 2 is 1.84 bits per heavy atom. The van der Waals surface area contributed by atoms with Crippen molar-refractivity contribution in [2.24, 2.45) is 0 Å². The van der Waals surface area contributed by atoms with Crippen LogP contribution < -0.4 is 10.1 Å². The van der Waals surface area contributed by atoms with E-state index in [9.17, 15) is 4.79 Å². The Morgan fingerprint density at radius 3 is 2.56 bits per heavy atom. The summed E-state index contributed by atoms with van der Waals surface area (Å²) in [6, 6.07) is 23.7. The SMILES string of the molecule is COc1ccc(C)cc1C(C)NC(=O)c1ccccc1-c1ccc(Cn2cccn2)cc1. The molecule has 1 unspecified atom stereocenters. The Hall–Kier alpha value is -3.86. The highest BCUT2D eigenvalue weighted by molar-refractivity contribution is 6.01. The van der Waals surface area contributed by atoms with Crippen molar-refractivity contribution >= 4 is 5.91 Å². The lowest BCUT2D eigenvalue weighted by atomic mass is 9.97. The quantitative estimate of drug-likeness (QED) is 0.431. The van der Waals surface area contributed by atoms with Gasteiger partial charge in [-0.1, -0.05) is 60.2 Å². The number of rotatable bonds is 7. The number of amides is 1. The van der Waals surface area contributed by atoms with Crippen LogP contribution in [0.5, 0.6) is 5.75 Å². The second kappa shape index (κ2) is 9.52. The summed E-state index contributed by atoms with van der Waals surface area (Å²) in [5, 5.41) is 7.39. The lowest BCUT2D eigenvalue weighted by molar-refractivity contribution is 0.0940. The van der Waals surface area contributed by atoms with Crippen LogP contribution in [0.25, 0.3) is 11.1 Å². The maximum absolute atomic E-state index is 13.2. The van der Waals surface area contributed by atoms with E-state index in [4.69, 9.17) is 4.74 Å². The van der Waals surface area contributed by atoms with Gasteiger partial charge in [-0.2, -0.15) is 5.10 Å². The minimum absolute atomic E-state index is 0.114. The lowest BCUT2D eigenvalue weighted by Crippen LogP contribution is -2.27. The van der Waals surface area contributed by atoms with Crippen LogP contribution >= 0.6 is 0 Å². The molecule has 5 heteroatoms. The second-order valence-corrected chi connectivity index (χ2v) is 7.89. The minimum Gasteiger partial charge on any atom is -0.496 e. The van der Waals surface area contributed by atoms with Crippen molar-refractivity contribution in [3.8, 4) is 16.9 Å². The van der Waals surface area contributed by atoms with Crippen LogP contribution in [0.1, 0.15) is 40.0 Å². The van der Waals surface area contributed by atoms with Crippen molar-refractivity contribution in [2.75, 3.05) is 7.11 Å². The summed E-state index contributed by atoms with van der Waals surface area (Å²) in [5.74, 6) is 0.654. The molecule has 0 saturated heterocycles. The zero-order chi connectivity index (χ0) is 22.5. The predicted octanol–water partition coefficient (Wildman–Crippen LogP) is 5.41. The zero-order valence-electron chi connectivity index (χ0n) is 18.6. The number of benzene rings is 3. The van der Waals surface area contributed by atoms with E-state index < -0.39 is 0 Å². The van der Waals surface area contributed by atoms with E-state index in [1.54, 1.807) is 13.3 Å². The van der Waals surface area contributed by atoms with E-state index in [1.807, 2.05) is 73.3 Å². The van der Waals surface area contributed by atoms with Crippen LogP contribution in [0.2, 0.25) is 0 Å². The fraction of sp³-hybridized carbons (Fsp3) is 0.185. The summed E-state index contributed by atoms with van der Waals surface area (Å²) in [7, 11) is 1.65. The standard InChI is InChI=1S/C27H27N3O2/c1-19-9-14-26(32-3)25(17-19)20(2)29-27(31)24-8-5-4-7-23(24)22-12-10-21(11-13-22)18-30-16-6-15-28-30/h4-17,20H,18H2,1-3H3,(H,29,31). The van der Waals surface area contributed by atoms with Crippen molar-refractivity contribution in [2.45, 2.75) is 26.4 Å². The number of ether oxygens (including phenoxy) is 1. The van der Waals surface area contributed by atoms with Crippen LogP contribution in [0.15, 0.2) is 85.2 Å². The molecule has 4 rings (SSSR count). The molecule has 3 aromatic carbocycles. The van der Waals surface area contributed by atoms with Crippen molar-refractivity contribution in [3.05, 3.63) is 107 Å². The van der Waals surface area contributed by atoms with Gasteiger partial charge in [0, 0.05) is 23.5 Å². The maximum Gasteiger partial charge on any atom is 0.252 e. The smallest absolute Gasteiger partial charge is 0.252 e. The van der Waals surface area contributed by atoms with Gasteiger partial charge in [0.15, 0.2) is 0 Å². The van der Waals surface area contributed by atoms with E-state index in [2.05, 4.69) is 34.7 Å². The molecule has 1 N–H and O–H groups in total. The average Bonchev–Trinajstić information content (AvgIpc) is 3.32. The Balaban J connectivity index is 1.55. The van der Waals surface area contributed by atoms with Crippen molar-refractivity contribution in [1.82, 2.24) is 15.1 Å². The van der Waals surface area contributed by atoms with Crippen LogP contribution in [0, 0.1) is 6.92 Å². The molecule has 0 aliphatic carbocycles. The molecule has 1 aromatic heterocycles. The largest absolute Gasteiger partial charge is 0.496 e. The summed E-state index contributed by atoms with van der Waals surface area (Å²) in [6.45, 7) is 4.72. The van der Waals surface area contributed by atoms with E-state index >= 15 is 0 Å². The number of aromatic nitrogens is 2. The normalized spacial score (nSPS) is 11.7. The molecule has 5 nitrogen and oxygen atoms in total. The summed E-state index contributed by atoms with van der Waals surface area (Å²) in [4.78, 5) is 13.2. The summed E-state index contributed by atoms with van der Waals surface area (Å²) >= 11 is 0. The number of carbonyl (C=O) groups excluding carboxylic acids is 1. The third-order valence-electron chi connectivity index (χ3n) is 5.54. The minimum atomic E-state index is -0.193. The van der Waals surface area contributed by atoms with Gasteiger partial charge in [-0.15, -0.1) is 0 Å². The highest BCUT2D eigenvalue weighted by atomic mass is 16.5. The van der Waals surface area contributed by atoms with E-state index in [0.29, 0.717) is 12.1 Å². The van der Waals surface area contributed by atoms with Gasteiger partial charge >= 0.3 is 0 Å². The first-order valence-corrected chi connectivity index (χ1v) is 10.7. The van der Waals surface area contributed by atoms with Crippen molar-refractivity contribution in [3.63, 3.8) is 0 Å². The third-order valence-corrected chi connectivity index (χ3v) is 5.54. The van der Waals surface area contributed by atoms with Gasteiger partial charge in [0.05, 0.1) is 19.7 Å². The van der Waals surface area contributed by atoms with Crippen molar-refractivity contribution < 1.29 is 9.53 Å². The second-order valence-electron chi connectivity index (χ2n) is 7.89. The molecule has 0 aliphatic rings. The molecule has 4 aromatic rings. The van der Waals surface area contributed by atoms with Gasteiger partial charge < -0.3 is 10.1 Å². The van der Waals surface area contributed by atoms with Gasteiger partial charge in [-0.3, -0.25) is 9.48 Å². The molecule has 1 atom stereocenters. The first-order chi connectivity index (χ1) is 15.5. The first-order valence-electron chi connectivity index (χ1n) is 10.7. The molecule has 0 spiro atoms. The molecule has 0 fully saturated rings. The van der Waals surface area contributed by atoms with Crippen molar-refractivity contribution in [1.29, 1.82) is 0 Å². The number of methoxy groups -OCH3 is 1. The maximum atomic E-state index is 13.2. The van der Waals surface area contributed by atoms with Gasteiger partial charge in [0.25, 0.3) is 5.91 Å². The number of nitrogens with zero attached hydrogens (tertiary/aromatic N) is 2. The van der Waals surface area contributed by atoms with Crippen LogP contribution in [0.3, 0.4) is 0 Å². The van der Waals surface area contributed by atoms with E-state index in [1.165, 1.54) is 0 Å². The lowest BCUT2D eigenvalue weighted by Gasteiger charge is -2.19.